The van der Waals surface area contributed by atoms with Crippen LogP contribution in [0, 0.1) is 0 Å². The van der Waals surface area contributed by atoms with Crippen LogP contribution in [0.1, 0.15) is 71.4 Å². The molecule has 0 fully saturated rings. The van der Waals surface area contributed by atoms with Crippen LogP contribution in [0.5, 0.6) is 0 Å². The number of hydrogen-bond acceptors (Lipinski definition) is 4. The number of methoxy groups -OCH3 is 2. The van der Waals surface area contributed by atoms with Gasteiger partial charge in [-0.3, -0.25) is 0 Å². The summed E-state index contributed by atoms with van der Waals surface area (Å²) in [7, 11) is 2.84. The summed E-state index contributed by atoms with van der Waals surface area (Å²) >= 11 is 0. The minimum absolute atomic E-state index is 0.251. The van der Waals surface area contributed by atoms with Crippen molar-refractivity contribution >= 4 is 11.9 Å². The Morgan fingerprint density at radius 2 is 0.941 bits per heavy atom. The molecular weight excluding hydrogens is 631 g/mol. The van der Waals surface area contributed by atoms with E-state index >= 15 is 0 Å². The van der Waals surface area contributed by atoms with Crippen LogP contribution in [0.25, 0.3) is 67.0 Å². The Bertz CT molecular complexity index is 2310. The Morgan fingerprint density at radius 1 is 0.471 bits per heavy atom. The molecular formula is C46H41NO4. The van der Waals surface area contributed by atoms with Crippen LogP contribution in [0.2, 0.25) is 0 Å². The van der Waals surface area contributed by atoms with Crippen LogP contribution < -0.4 is 0 Å². The van der Waals surface area contributed by atoms with Gasteiger partial charge in [-0.2, -0.15) is 0 Å². The van der Waals surface area contributed by atoms with Gasteiger partial charge >= 0.3 is 11.9 Å². The maximum Gasteiger partial charge on any atom is 0.338 e. The topological polar surface area (TPSA) is 68.4 Å². The molecule has 5 nitrogen and oxygen atoms in total. The smallest absolute Gasteiger partial charge is 0.338 e. The van der Waals surface area contributed by atoms with Crippen molar-refractivity contribution in [2.75, 3.05) is 14.2 Å². The number of rotatable bonds is 8. The SMILES string of the molecule is COC(=O)c1cc(-c2[nH]c(-c3ccccc3)c(-c3ccccc3)c2-c2cc(C(=O)OC)c3cc(C(C)C)cccc2-3)c2cccc(C(C)C)cc1-2. The first-order valence-corrected chi connectivity index (χ1v) is 17.4. The number of hydrogen-bond donors (Lipinski definition) is 1. The summed E-state index contributed by atoms with van der Waals surface area (Å²) in [6.07, 6.45) is 0. The molecule has 1 N–H and O–H groups in total. The van der Waals surface area contributed by atoms with Gasteiger partial charge in [-0.05, 0) is 74.0 Å². The van der Waals surface area contributed by atoms with E-state index in [1.54, 1.807) is 0 Å². The molecule has 0 unspecified atom stereocenters. The second kappa shape index (κ2) is 13.8. The van der Waals surface area contributed by atoms with Crippen LogP contribution >= 0.6 is 0 Å². The minimum Gasteiger partial charge on any atom is -0.465 e. The van der Waals surface area contributed by atoms with Crippen molar-refractivity contribution in [2.45, 2.75) is 39.5 Å². The summed E-state index contributed by atoms with van der Waals surface area (Å²) in [6.45, 7) is 8.59. The molecule has 4 aliphatic carbocycles. The summed E-state index contributed by atoms with van der Waals surface area (Å²) in [5.41, 5.74) is 14.2. The lowest BCUT2D eigenvalue weighted by atomic mass is 9.90. The number of ether oxygens (including phenoxy) is 2. The van der Waals surface area contributed by atoms with E-state index in [1.165, 1.54) is 14.2 Å². The van der Waals surface area contributed by atoms with Gasteiger partial charge in [0.05, 0.1) is 36.7 Å². The third-order valence-electron chi connectivity index (χ3n) is 9.85. The molecule has 7 rings (SSSR count). The molecule has 0 aliphatic heterocycles. The number of aromatic amines is 1. The molecule has 0 bridgehead atoms. The molecule has 4 aliphatic rings. The fraction of sp³-hybridized carbons (Fsp3) is 0.174. The van der Waals surface area contributed by atoms with Crippen molar-refractivity contribution in [1.82, 2.24) is 4.98 Å². The Hall–Kier alpha value is -5.94. The summed E-state index contributed by atoms with van der Waals surface area (Å²) in [6, 6.07) is 41.2. The molecule has 1 heterocycles. The Kier molecular flexibility index (Phi) is 9.05. The van der Waals surface area contributed by atoms with Gasteiger partial charge in [0.25, 0.3) is 0 Å². The van der Waals surface area contributed by atoms with Crippen molar-refractivity contribution in [1.29, 1.82) is 0 Å². The highest BCUT2D eigenvalue weighted by molar-refractivity contribution is 6.13. The van der Waals surface area contributed by atoms with E-state index in [4.69, 9.17) is 9.47 Å². The highest BCUT2D eigenvalue weighted by Crippen LogP contribution is 2.53. The number of nitrogens with one attached hydrogen (secondary N) is 1. The van der Waals surface area contributed by atoms with E-state index < -0.39 is 11.9 Å². The predicted molar refractivity (Wildman–Crippen MR) is 207 cm³/mol. The molecule has 3 aromatic rings. The maximum absolute atomic E-state index is 13.5. The first-order valence-electron chi connectivity index (χ1n) is 17.4. The summed E-state index contributed by atoms with van der Waals surface area (Å²) in [4.78, 5) is 30.8. The fourth-order valence-corrected chi connectivity index (χ4v) is 7.17. The number of H-pyrrole nitrogens is 1. The molecule has 254 valence electrons. The van der Waals surface area contributed by atoms with Gasteiger partial charge in [-0.25, -0.2) is 9.59 Å². The molecule has 1 aromatic heterocycles. The van der Waals surface area contributed by atoms with E-state index in [9.17, 15) is 9.59 Å². The van der Waals surface area contributed by atoms with Crippen LogP contribution in [0.3, 0.4) is 0 Å². The van der Waals surface area contributed by atoms with Crippen molar-refractivity contribution in [3.8, 4) is 67.0 Å². The van der Waals surface area contributed by atoms with E-state index in [1.807, 2.05) is 48.5 Å². The van der Waals surface area contributed by atoms with Gasteiger partial charge in [-0.15, -0.1) is 0 Å². The highest BCUT2D eigenvalue weighted by atomic mass is 16.5. The maximum atomic E-state index is 13.5. The second-order valence-electron chi connectivity index (χ2n) is 13.6. The van der Waals surface area contributed by atoms with Crippen molar-refractivity contribution in [2.24, 2.45) is 0 Å². The summed E-state index contributed by atoms with van der Waals surface area (Å²) in [5.74, 6) is -0.287. The van der Waals surface area contributed by atoms with Gasteiger partial charge < -0.3 is 14.5 Å². The number of benzene rings is 2. The standard InChI is InChI=1S/C46H41NO4/c1-27(2)31-19-13-21-33-35(23-31)39(45(48)50-5)25-37(33)42-41(29-15-9-7-10-16-29)43(30-17-11-8-12-18-30)47-44(42)38-26-40(46(49)51-6)36-24-32(28(3)4)20-14-22-34(36)38/h7-28,47H,1-6H3. The van der Waals surface area contributed by atoms with Gasteiger partial charge in [0, 0.05) is 16.7 Å². The monoisotopic (exact) mass is 671 g/mol. The van der Waals surface area contributed by atoms with Crippen LogP contribution in [0.15, 0.2) is 121 Å². The van der Waals surface area contributed by atoms with Crippen LogP contribution in [-0.2, 0) is 9.47 Å². The largest absolute Gasteiger partial charge is 0.465 e. The third kappa shape index (κ3) is 5.99. The van der Waals surface area contributed by atoms with E-state index in [0.717, 1.165) is 78.1 Å². The van der Waals surface area contributed by atoms with E-state index in [0.29, 0.717) is 11.1 Å². The normalized spacial score (nSPS) is 11.5. The van der Waals surface area contributed by atoms with E-state index in [2.05, 4.69) is 105 Å². The molecule has 2 aromatic carbocycles. The average molecular weight is 672 g/mol. The Labute approximate surface area is 299 Å². The predicted octanol–water partition coefficient (Wildman–Crippen LogP) is 11.7. The molecule has 0 spiro atoms. The van der Waals surface area contributed by atoms with Crippen molar-refractivity contribution in [3.05, 3.63) is 144 Å². The zero-order valence-corrected chi connectivity index (χ0v) is 29.8. The molecule has 0 saturated heterocycles. The molecule has 0 atom stereocenters. The molecule has 0 amide bonds. The first kappa shape index (κ1) is 33.6. The third-order valence-corrected chi connectivity index (χ3v) is 9.85. The lowest BCUT2D eigenvalue weighted by Gasteiger charge is -2.11. The number of carbonyl (C=O) groups is 2. The summed E-state index contributed by atoms with van der Waals surface area (Å²) in [5, 5.41) is 0. The van der Waals surface area contributed by atoms with Gasteiger partial charge in [-0.1, -0.05) is 137 Å². The number of aromatic nitrogens is 1. The lowest BCUT2D eigenvalue weighted by molar-refractivity contribution is 0.0593. The Morgan fingerprint density at radius 3 is 1.43 bits per heavy atom. The average Bonchev–Trinajstić information content (AvgIpc) is 3.69. The van der Waals surface area contributed by atoms with Gasteiger partial charge in [0.15, 0.2) is 0 Å². The molecule has 51 heavy (non-hydrogen) atoms. The Balaban J connectivity index is 1.65. The van der Waals surface area contributed by atoms with Crippen LogP contribution in [-0.4, -0.2) is 31.1 Å². The number of carbonyl (C=O) groups excluding carboxylic acids is 2. The lowest BCUT2D eigenvalue weighted by Crippen LogP contribution is -2.00. The zero-order valence-electron chi connectivity index (χ0n) is 29.8. The minimum atomic E-state index is -0.396. The molecule has 0 saturated carbocycles. The number of fused-ring (bicyclic) bond motifs is 2. The van der Waals surface area contributed by atoms with Crippen molar-refractivity contribution in [3.63, 3.8) is 0 Å². The highest BCUT2D eigenvalue weighted by Gasteiger charge is 2.32. The van der Waals surface area contributed by atoms with Crippen molar-refractivity contribution < 1.29 is 19.1 Å². The quantitative estimate of drug-likeness (QED) is 0.163. The van der Waals surface area contributed by atoms with Gasteiger partial charge in [0.1, 0.15) is 0 Å². The second-order valence-corrected chi connectivity index (χ2v) is 13.6. The number of esters is 2. The molecule has 0 radical (unpaired) electrons. The van der Waals surface area contributed by atoms with Gasteiger partial charge in [0.2, 0.25) is 0 Å². The van der Waals surface area contributed by atoms with Crippen LogP contribution in [0.4, 0.5) is 0 Å². The molecule has 5 heteroatoms. The van der Waals surface area contributed by atoms with E-state index in [-0.39, 0.29) is 11.8 Å². The fourth-order valence-electron chi connectivity index (χ4n) is 7.17. The zero-order chi connectivity index (χ0) is 35.8. The summed E-state index contributed by atoms with van der Waals surface area (Å²) < 4.78 is 10.7. The first-order chi connectivity index (χ1) is 24.7.